The first kappa shape index (κ1) is 15.0. The Morgan fingerprint density at radius 3 is 2.48 bits per heavy atom. The summed E-state index contributed by atoms with van der Waals surface area (Å²) in [5.41, 5.74) is 0.624. The second-order valence-corrected chi connectivity index (χ2v) is 6.38. The van der Waals surface area contributed by atoms with Crippen molar-refractivity contribution in [1.82, 2.24) is 4.98 Å². The van der Waals surface area contributed by atoms with Crippen molar-refractivity contribution in [3.05, 3.63) is 48.2 Å². The highest BCUT2D eigenvalue weighted by atomic mass is 32.2. The van der Waals surface area contributed by atoms with Crippen molar-refractivity contribution in [3.8, 4) is 11.6 Å². The highest BCUT2D eigenvalue weighted by Gasteiger charge is 2.15. The van der Waals surface area contributed by atoms with E-state index in [0.29, 0.717) is 11.3 Å². The van der Waals surface area contributed by atoms with E-state index in [1.54, 1.807) is 24.3 Å². The zero-order chi connectivity index (χ0) is 15.5. The second kappa shape index (κ2) is 5.92. The highest BCUT2D eigenvalue weighted by molar-refractivity contribution is 7.90. The summed E-state index contributed by atoms with van der Waals surface area (Å²) < 4.78 is 28.7. The zero-order valence-electron chi connectivity index (χ0n) is 11.2. The lowest BCUT2D eigenvalue weighted by atomic mass is 10.1. The predicted molar refractivity (Wildman–Crippen MR) is 75.2 cm³/mol. The van der Waals surface area contributed by atoms with Gasteiger partial charge in [0.25, 0.3) is 0 Å². The van der Waals surface area contributed by atoms with Crippen LogP contribution in [0.5, 0.6) is 11.6 Å². The zero-order valence-corrected chi connectivity index (χ0v) is 12.0. The van der Waals surface area contributed by atoms with Crippen molar-refractivity contribution < 1.29 is 23.1 Å². The molecule has 0 spiro atoms. The van der Waals surface area contributed by atoms with Crippen molar-refractivity contribution in [2.75, 3.05) is 6.26 Å². The number of carboxylic acids is 1. The van der Waals surface area contributed by atoms with Crippen molar-refractivity contribution in [1.29, 1.82) is 0 Å². The summed E-state index contributed by atoms with van der Waals surface area (Å²) in [7, 11) is -3.44. The molecule has 0 radical (unpaired) electrons. The lowest BCUT2D eigenvalue weighted by Crippen LogP contribution is -2.02. The fourth-order valence-corrected chi connectivity index (χ4v) is 2.43. The molecule has 0 bridgehead atoms. The van der Waals surface area contributed by atoms with Crippen LogP contribution < -0.4 is 4.74 Å². The van der Waals surface area contributed by atoms with Gasteiger partial charge in [0.15, 0.2) is 9.84 Å². The van der Waals surface area contributed by atoms with Crippen LogP contribution >= 0.6 is 0 Å². The van der Waals surface area contributed by atoms with E-state index in [0.717, 1.165) is 6.26 Å². The fourth-order valence-electron chi connectivity index (χ4n) is 1.70. The Bertz CT molecular complexity index is 753. The summed E-state index contributed by atoms with van der Waals surface area (Å²) in [5, 5.41) is 8.69. The first-order valence-electron chi connectivity index (χ1n) is 6.00. The lowest BCUT2D eigenvalue weighted by molar-refractivity contribution is -0.136. The van der Waals surface area contributed by atoms with Gasteiger partial charge in [0, 0.05) is 12.5 Å². The van der Waals surface area contributed by atoms with Gasteiger partial charge in [0.1, 0.15) is 10.6 Å². The average Bonchev–Trinajstić information content (AvgIpc) is 2.40. The molecule has 0 aliphatic heterocycles. The standard InChI is InChI=1S/C14H13NO5S/c1-21(18,19)12-3-2-8-15-14(12)20-11-6-4-10(5-7-11)9-13(16)17/h2-8H,9H2,1H3,(H,16,17). The number of aromatic nitrogens is 1. The number of aliphatic carboxylic acids is 1. The summed E-state index contributed by atoms with van der Waals surface area (Å²) in [6, 6.07) is 9.27. The SMILES string of the molecule is CS(=O)(=O)c1cccnc1Oc1ccc(CC(=O)O)cc1. The topological polar surface area (TPSA) is 93.6 Å². The number of hydrogen-bond donors (Lipinski definition) is 1. The molecule has 0 fully saturated rings. The van der Waals surface area contributed by atoms with Crippen LogP contribution in [-0.2, 0) is 21.1 Å². The number of carboxylic acid groups (broad SMARTS) is 1. The molecular weight excluding hydrogens is 294 g/mol. The third kappa shape index (κ3) is 4.03. The normalized spacial score (nSPS) is 11.1. The minimum absolute atomic E-state index is 0.000359. The van der Waals surface area contributed by atoms with Crippen LogP contribution in [0.1, 0.15) is 5.56 Å². The molecule has 7 heteroatoms. The molecule has 1 N–H and O–H groups in total. The van der Waals surface area contributed by atoms with Gasteiger partial charge in [-0.05, 0) is 29.8 Å². The third-order valence-corrected chi connectivity index (χ3v) is 3.74. The Hall–Kier alpha value is -2.41. The molecule has 1 aromatic carbocycles. The number of rotatable bonds is 5. The van der Waals surface area contributed by atoms with E-state index in [4.69, 9.17) is 9.84 Å². The molecular formula is C14H13NO5S. The van der Waals surface area contributed by atoms with E-state index in [1.165, 1.54) is 18.3 Å². The van der Waals surface area contributed by atoms with Gasteiger partial charge in [0.05, 0.1) is 6.42 Å². The summed E-state index contributed by atoms with van der Waals surface area (Å²) in [5.74, 6) is -0.550. The molecule has 0 atom stereocenters. The first-order chi connectivity index (χ1) is 9.86. The van der Waals surface area contributed by atoms with E-state index < -0.39 is 15.8 Å². The number of ether oxygens (including phenoxy) is 1. The molecule has 0 saturated carbocycles. The van der Waals surface area contributed by atoms with Gasteiger partial charge in [-0.15, -0.1) is 0 Å². The van der Waals surface area contributed by atoms with Crippen molar-refractivity contribution in [2.24, 2.45) is 0 Å². The Morgan fingerprint density at radius 1 is 1.24 bits per heavy atom. The maximum Gasteiger partial charge on any atom is 0.307 e. The summed E-state index contributed by atoms with van der Waals surface area (Å²) in [4.78, 5) is 14.5. The molecule has 0 amide bonds. The molecule has 1 heterocycles. The first-order valence-corrected chi connectivity index (χ1v) is 7.89. The molecule has 21 heavy (non-hydrogen) atoms. The minimum atomic E-state index is -3.44. The van der Waals surface area contributed by atoms with Crippen LogP contribution in [0, 0.1) is 0 Å². The number of benzene rings is 1. The van der Waals surface area contributed by atoms with Crippen molar-refractivity contribution in [3.63, 3.8) is 0 Å². The van der Waals surface area contributed by atoms with Crippen LogP contribution in [0.2, 0.25) is 0 Å². The number of pyridine rings is 1. The Labute approximate surface area is 121 Å². The molecule has 2 aromatic rings. The summed E-state index contributed by atoms with van der Waals surface area (Å²) >= 11 is 0. The molecule has 0 aliphatic carbocycles. The molecule has 0 unspecified atom stereocenters. The van der Waals surface area contributed by atoms with Gasteiger partial charge in [-0.2, -0.15) is 0 Å². The van der Waals surface area contributed by atoms with E-state index >= 15 is 0 Å². The monoisotopic (exact) mass is 307 g/mol. The summed E-state index contributed by atoms with van der Waals surface area (Å²) in [6.07, 6.45) is 2.42. The number of hydrogen-bond acceptors (Lipinski definition) is 5. The van der Waals surface area contributed by atoms with Crippen LogP contribution in [0.25, 0.3) is 0 Å². The van der Waals surface area contributed by atoms with E-state index in [9.17, 15) is 13.2 Å². The van der Waals surface area contributed by atoms with E-state index in [1.807, 2.05) is 0 Å². The summed E-state index contributed by atoms with van der Waals surface area (Å²) in [6.45, 7) is 0. The minimum Gasteiger partial charge on any atom is -0.481 e. The maximum atomic E-state index is 11.6. The number of nitrogens with zero attached hydrogens (tertiary/aromatic N) is 1. The van der Waals surface area contributed by atoms with Crippen LogP contribution in [-0.4, -0.2) is 30.7 Å². The van der Waals surface area contributed by atoms with Crippen molar-refractivity contribution in [2.45, 2.75) is 11.3 Å². The van der Waals surface area contributed by atoms with Gasteiger partial charge in [0.2, 0.25) is 5.88 Å². The smallest absolute Gasteiger partial charge is 0.307 e. The van der Waals surface area contributed by atoms with E-state index in [-0.39, 0.29) is 17.2 Å². The Morgan fingerprint density at radius 2 is 1.90 bits per heavy atom. The molecule has 0 aliphatic rings. The highest BCUT2D eigenvalue weighted by Crippen LogP contribution is 2.26. The predicted octanol–water partition coefficient (Wildman–Crippen LogP) is 1.90. The van der Waals surface area contributed by atoms with Gasteiger partial charge in [-0.25, -0.2) is 13.4 Å². The molecule has 0 saturated heterocycles. The number of sulfone groups is 1. The van der Waals surface area contributed by atoms with Gasteiger partial charge in [-0.3, -0.25) is 4.79 Å². The van der Waals surface area contributed by atoms with Crippen molar-refractivity contribution >= 4 is 15.8 Å². The van der Waals surface area contributed by atoms with Gasteiger partial charge in [-0.1, -0.05) is 12.1 Å². The van der Waals surface area contributed by atoms with Gasteiger partial charge < -0.3 is 9.84 Å². The average molecular weight is 307 g/mol. The van der Waals surface area contributed by atoms with E-state index in [2.05, 4.69) is 4.98 Å². The molecule has 2 rings (SSSR count). The van der Waals surface area contributed by atoms with Crippen LogP contribution in [0.15, 0.2) is 47.5 Å². The lowest BCUT2D eigenvalue weighted by Gasteiger charge is -2.08. The number of carbonyl (C=O) groups is 1. The maximum absolute atomic E-state index is 11.6. The van der Waals surface area contributed by atoms with Crippen LogP contribution in [0.3, 0.4) is 0 Å². The fraction of sp³-hybridized carbons (Fsp3) is 0.143. The van der Waals surface area contributed by atoms with Crippen LogP contribution in [0.4, 0.5) is 0 Å². The molecule has 1 aromatic heterocycles. The second-order valence-electron chi connectivity index (χ2n) is 4.40. The third-order valence-electron chi connectivity index (χ3n) is 2.63. The van der Waals surface area contributed by atoms with Gasteiger partial charge >= 0.3 is 5.97 Å². The quantitative estimate of drug-likeness (QED) is 0.906. The largest absolute Gasteiger partial charge is 0.481 e. The molecule has 110 valence electrons. The molecule has 6 nitrogen and oxygen atoms in total. The Kier molecular flexibility index (Phi) is 4.23. The Balaban J connectivity index is 2.25.